The van der Waals surface area contributed by atoms with Gasteiger partial charge in [0.1, 0.15) is 0 Å². The fraction of sp³-hybridized carbons (Fsp3) is 0.750. The number of hydrogen-bond donors (Lipinski definition) is 0. The highest BCUT2D eigenvalue weighted by Crippen LogP contribution is 2.33. The van der Waals surface area contributed by atoms with Crippen LogP contribution in [0.25, 0.3) is 0 Å². The predicted octanol–water partition coefficient (Wildman–Crippen LogP) is 1.76. The van der Waals surface area contributed by atoms with Crippen LogP contribution in [0, 0.1) is 0 Å². The number of hydrogen-bond acceptors (Lipinski definition) is 1. The minimum atomic E-state index is 0.887. The Morgan fingerprint density at radius 1 is 1.33 bits per heavy atom. The van der Waals surface area contributed by atoms with Crippen LogP contribution in [0.4, 0.5) is 0 Å². The molecule has 1 heterocycles. The number of rotatable bonds is 1. The molecule has 50 valence electrons. The van der Waals surface area contributed by atoms with Crippen molar-refractivity contribution in [2.75, 3.05) is 6.54 Å². The van der Waals surface area contributed by atoms with Gasteiger partial charge in [0.2, 0.25) is 0 Å². The summed E-state index contributed by atoms with van der Waals surface area (Å²) in [7, 11) is 0. The van der Waals surface area contributed by atoms with Crippen molar-refractivity contribution in [2.24, 2.45) is 0 Å². The van der Waals surface area contributed by atoms with Crippen LogP contribution in [0.15, 0.2) is 12.3 Å². The second-order valence-electron chi connectivity index (χ2n) is 3.13. The minimum absolute atomic E-state index is 0.887. The summed E-state index contributed by atoms with van der Waals surface area (Å²) in [5, 5.41) is 0. The highest BCUT2D eigenvalue weighted by Gasteiger charge is 2.32. The molecule has 1 nitrogen and oxygen atoms in total. The summed E-state index contributed by atoms with van der Waals surface area (Å²) in [5.41, 5.74) is 1.36. The highest BCUT2D eigenvalue weighted by molar-refractivity contribution is 5.15. The van der Waals surface area contributed by atoms with E-state index in [1.165, 1.54) is 37.9 Å². The summed E-state index contributed by atoms with van der Waals surface area (Å²) < 4.78 is 0. The first-order chi connectivity index (χ1) is 4.38. The average Bonchev–Trinajstić information content (AvgIpc) is 2.44. The summed E-state index contributed by atoms with van der Waals surface area (Å²) in [6, 6.07) is 0.887. The van der Waals surface area contributed by atoms with Crippen LogP contribution in [-0.2, 0) is 0 Å². The molecule has 1 aliphatic carbocycles. The summed E-state index contributed by atoms with van der Waals surface area (Å²) >= 11 is 0. The summed E-state index contributed by atoms with van der Waals surface area (Å²) in [6.45, 7) is 5.10. The second kappa shape index (κ2) is 1.76. The van der Waals surface area contributed by atoms with Crippen LogP contribution in [-0.4, -0.2) is 17.5 Å². The van der Waals surface area contributed by atoms with Gasteiger partial charge in [-0.2, -0.15) is 0 Å². The molecule has 0 aromatic carbocycles. The first-order valence-electron chi connectivity index (χ1n) is 3.82. The van der Waals surface area contributed by atoms with Crippen molar-refractivity contribution in [3.63, 3.8) is 0 Å². The maximum atomic E-state index is 3.92. The minimum Gasteiger partial charge on any atom is -0.365 e. The molecule has 0 bridgehead atoms. The molecule has 1 heteroatoms. The molecule has 0 radical (unpaired) electrons. The maximum Gasteiger partial charge on any atom is 0.0573 e. The summed E-state index contributed by atoms with van der Waals surface area (Å²) in [4.78, 5) is 2.44. The van der Waals surface area contributed by atoms with Gasteiger partial charge in [-0.15, -0.1) is 0 Å². The monoisotopic (exact) mass is 123 g/mol. The molecule has 0 amide bonds. The second-order valence-corrected chi connectivity index (χ2v) is 3.13. The summed E-state index contributed by atoms with van der Waals surface area (Å²) in [6.07, 6.45) is 5.71. The molecule has 0 atom stereocenters. The molecule has 1 saturated heterocycles. The number of nitrogens with zero attached hydrogens (tertiary/aromatic N) is 1. The van der Waals surface area contributed by atoms with Crippen molar-refractivity contribution in [2.45, 2.75) is 31.7 Å². The van der Waals surface area contributed by atoms with Crippen molar-refractivity contribution in [1.82, 2.24) is 4.90 Å². The molecule has 1 saturated carbocycles. The average molecular weight is 123 g/mol. The lowest BCUT2D eigenvalue weighted by Gasteiger charge is -2.08. The lowest BCUT2D eigenvalue weighted by molar-refractivity contribution is 0.424. The van der Waals surface area contributed by atoms with Crippen LogP contribution in [0.5, 0.6) is 0 Å². The van der Waals surface area contributed by atoms with Crippen LogP contribution in [0.1, 0.15) is 25.7 Å². The predicted molar refractivity (Wildman–Crippen MR) is 38.1 cm³/mol. The molecule has 9 heavy (non-hydrogen) atoms. The van der Waals surface area contributed by atoms with E-state index in [1.54, 1.807) is 0 Å². The lowest BCUT2D eigenvalue weighted by atomic mass is 10.2. The Labute approximate surface area is 56.4 Å². The normalized spacial score (nSPS) is 27.6. The van der Waals surface area contributed by atoms with Gasteiger partial charge in [0.25, 0.3) is 0 Å². The third kappa shape index (κ3) is 0.846. The topological polar surface area (TPSA) is 3.01 Å². The Hall–Kier alpha value is -0.460. The third-order valence-corrected chi connectivity index (χ3v) is 2.42. The van der Waals surface area contributed by atoms with Crippen LogP contribution >= 0.6 is 0 Å². The van der Waals surface area contributed by atoms with E-state index in [1.807, 2.05) is 0 Å². The first-order valence-corrected chi connectivity index (χ1v) is 3.82. The van der Waals surface area contributed by atoms with Gasteiger partial charge < -0.3 is 4.90 Å². The Morgan fingerprint density at radius 2 is 1.89 bits per heavy atom. The van der Waals surface area contributed by atoms with Crippen LogP contribution in [0.3, 0.4) is 0 Å². The molecule has 0 N–H and O–H groups in total. The zero-order valence-corrected chi connectivity index (χ0v) is 5.77. The van der Waals surface area contributed by atoms with E-state index >= 15 is 0 Å². The van der Waals surface area contributed by atoms with Gasteiger partial charge in [0.15, 0.2) is 0 Å². The lowest BCUT2D eigenvalue weighted by Crippen LogP contribution is -2.12. The third-order valence-electron chi connectivity index (χ3n) is 2.42. The Balaban J connectivity index is 1.91. The fourth-order valence-corrected chi connectivity index (χ4v) is 1.76. The van der Waals surface area contributed by atoms with Gasteiger partial charge in [0, 0.05) is 11.7 Å². The quantitative estimate of drug-likeness (QED) is 0.480. The van der Waals surface area contributed by atoms with Gasteiger partial charge in [-0.1, -0.05) is 19.4 Å². The highest BCUT2D eigenvalue weighted by atomic mass is 15.3. The summed E-state index contributed by atoms with van der Waals surface area (Å²) in [5.74, 6) is 0. The Bertz CT molecular complexity index is 134. The molecule has 0 aromatic rings. The maximum absolute atomic E-state index is 3.92. The van der Waals surface area contributed by atoms with Gasteiger partial charge >= 0.3 is 0 Å². The van der Waals surface area contributed by atoms with Crippen molar-refractivity contribution in [1.29, 1.82) is 0 Å². The molecule has 2 rings (SSSR count). The van der Waals surface area contributed by atoms with Crippen LogP contribution in [0.2, 0.25) is 0 Å². The van der Waals surface area contributed by atoms with Crippen LogP contribution < -0.4 is 0 Å². The van der Waals surface area contributed by atoms with Crippen molar-refractivity contribution in [3.05, 3.63) is 12.3 Å². The smallest absolute Gasteiger partial charge is 0.0573 e. The zero-order chi connectivity index (χ0) is 6.27. The van der Waals surface area contributed by atoms with Crippen molar-refractivity contribution < 1.29 is 0 Å². The molecule has 2 aliphatic rings. The van der Waals surface area contributed by atoms with Gasteiger partial charge in [-0.25, -0.2) is 0 Å². The van der Waals surface area contributed by atoms with Gasteiger partial charge in [0.05, 0.1) is 6.54 Å². The van der Waals surface area contributed by atoms with Crippen molar-refractivity contribution >= 4 is 0 Å². The van der Waals surface area contributed by atoms with E-state index in [0.717, 1.165) is 6.04 Å². The van der Waals surface area contributed by atoms with E-state index in [2.05, 4.69) is 11.5 Å². The fourth-order valence-electron chi connectivity index (χ4n) is 1.76. The van der Waals surface area contributed by atoms with E-state index in [4.69, 9.17) is 0 Å². The van der Waals surface area contributed by atoms with E-state index in [-0.39, 0.29) is 0 Å². The van der Waals surface area contributed by atoms with Gasteiger partial charge in [-0.05, 0) is 12.8 Å². The van der Waals surface area contributed by atoms with Gasteiger partial charge in [-0.3, -0.25) is 0 Å². The molecule has 0 unspecified atom stereocenters. The molecular weight excluding hydrogens is 110 g/mol. The standard InChI is InChI=1S/C8H13N/c1-7-6-9(7)8-4-2-3-5-8/h8H,1-6H2. The zero-order valence-electron chi connectivity index (χ0n) is 5.77. The van der Waals surface area contributed by atoms with E-state index in [9.17, 15) is 0 Å². The molecule has 0 spiro atoms. The molecule has 2 fully saturated rings. The molecule has 0 aromatic heterocycles. The van der Waals surface area contributed by atoms with Crippen molar-refractivity contribution in [3.8, 4) is 0 Å². The van der Waals surface area contributed by atoms with E-state index < -0.39 is 0 Å². The SMILES string of the molecule is C=C1CN1C1CCCC1. The first kappa shape index (κ1) is 5.33. The molecule has 1 aliphatic heterocycles. The largest absolute Gasteiger partial charge is 0.365 e. The molecular formula is C8H13N. The van der Waals surface area contributed by atoms with E-state index in [0.29, 0.717) is 0 Å². The Kier molecular flexibility index (Phi) is 1.04. The Morgan fingerprint density at radius 3 is 2.33 bits per heavy atom.